The highest BCUT2D eigenvalue weighted by Crippen LogP contribution is 2.36. The Bertz CT molecular complexity index is 968. The van der Waals surface area contributed by atoms with Crippen LogP contribution in [0.2, 0.25) is 0 Å². The van der Waals surface area contributed by atoms with E-state index in [1.165, 1.54) is 6.07 Å². The largest absolute Gasteiger partial charge is 0.478 e. The molecule has 1 amide bonds. The second kappa shape index (κ2) is 8.56. The van der Waals surface area contributed by atoms with Gasteiger partial charge in [0.15, 0.2) is 0 Å². The standard InChI is InChI=1S/C24H30FNO4/c1-23(2,3)15-11-18(24(4,5)6)17(13-30-7)20(12-15)26-21(27)14-8-9-16(22(28)29)19(25)10-14/h8-12H,13H2,1-7H3,(H,26,27)(H,28,29). The predicted molar refractivity (Wildman–Crippen MR) is 116 cm³/mol. The van der Waals surface area contributed by atoms with Crippen molar-refractivity contribution in [3.05, 3.63) is 64.0 Å². The van der Waals surface area contributed by atoms with E-state index in [2.05, 4.69) is 52.9 Å². The van der Waals surface area contributed by atoms with E-state index in [1.54, 1.807) is 7.11 Å². The van der Waals surface area contributed by atoms with Gasteiger partial charge in [-0.3, -0.25) is 4.79 Å². The van der Waals surface area contributed by atoms with E-state index >= 15 is 0 Å². The first-order chi connectivity index (χ1) is 13.8. The van der Waals surface area contributed by atoms with Crippen LogP contribution in [0.25, 0.3) is 0 Å². The van der Waals surface area contributed by atoms with Crippen molar-refractivity contribution in [3.8, 4) is 0 Å². The molecule has 0 aliphatic heterocycles. The van der Waals surface area contributed by atoms with Crippen molar-refractivity contribution in [2.75, 3.05) is 12.4 Å². The molecule has 0 aliphatic rings. The SMILES string of the molecule is COCc1c(NC(=O)c2ccc(C(=O)O)c(F)c2)cc(C(C)(C)C)cc1C(C)(C)C. The third-order valence-electron chi connectivity index (χ3n) is 4.92. The Kier molecular flexibility index (Phi) is 6.72. The molecule has 2 rings (SSSR count). The summed E-state index contributed by atoms with van der Waals surface area (Å²) in [6.07, 6.45) is 0. The molecule has 162 valence electrons. The van der Waals surface area contributed by atoms with Gasteiger partial charge < -0.3 is 15.2 Å². The van der Waals surface area contributed by atoms with Gasteiger partial charge in [0.05, 0.1) is 12.2 Å². The van der Waals surface area contributed by atoms with Crippen LogP contribution in [0.4, 0.5) is 10.1 Å². The second-order valence-corrected chi connectivity index (χ2v) is 9.44. The van der Waals surface area contributed by atoms with Gasteiger partial charge in [-0.15, -0.1) is 0 Å². The molecular formula is C24H30FNO4. The van der Waals surface area contributed by atoms with E-state index in [4.69, 9.17) is 9.84 Å². The molecule has 0 atom stereocenters. The minimum Gasteiger partial charge on any atom is -0.478 e. The van der Waals surface area contributed by atoms with Crippen molar-refractivity contribution in [2.24, 2.45) is 0 Å². The van der Waals surface area contributed by atoms with E-state index < -0.39 is 23.3 Å². The Morgan fingerprint density at radius 1 is 1.03 bits per heavy atom. The summed E-state index contributed by atoms with van der Waals surface area (Å²) in [7, 11) is 1.59. The molecule has 5 nitrogen and oxygen atoms in total. The molecule has 0 fully saturated rings. The number of carboxylic acids is 1. The van der Waals surface area contributed by atoms with Gasteiger partial charge in [-0.25, -0.2) is 9.18 Å². The van der Waals surface area contributed by atoms with Crippen LogP contribution in [0.3, 0.4) is 0 Å². The number of halogens is 1. The Morgan fingerprint density at radius 2 is 1.67 bits per heavy atom. The van der Waals surface area contributed by atoms with Crippen LogP contribution in [-0.2, 0) is 22.2 Å². The average Bonchev–Trinajstić information content (AvgIpc) is 2.60. The van der Waals surface area contributed by atoms with Gasteiger partial charge in [0, 0.05) is 23.9 Å². The first kappa shape index (κ1) is 23.5. The zero-order valence-corrected chi connectivity index (χ0v) is 18.6. The Morgan fingerprint density at radius 3 is 2.13 bits per heavy atom. The highest BCUT2D eigenvalue weighted by Gasteiger charge is 2.26. The fourth-order valence-electron chi connectivity index (χ4n) is 3.21. The molecular weight excluding hydrogens is 385 g/mol. The number of nitrogens with one attached hydrogen (secondary N) is 1. The Labute approximate surface area is 177 Å². The van der Waals surface area contributed by atoms with Crippen molar-refractivity contribution in [3.63, 3.8) is 0 Å². The van der Waals surface area contributed by atoms with Gasteiger partial charge in [0.25, 0.3) is 5.91 Å². The normalized spacial score (nSPS) is 12.0. The van der Waals surface area contributed by atoms with Crippen LogP contribution < -0.4 is 5.32 Å². The lowest BCUT2D eigenvalue weighted by Crippen LogP contribution is -2.22. The molecule has 0 spiro atoms. The van der Waals surface area contributed by atoms with Crippen LogP contribution >= 0.6 is 0 Å². The number of methoxy groups -OCH3 is 1. The van der Waals surface area contributed by atoms with Crippen LogP contribution in [0, 0.1) is 5.82 Å². The van der Waals surface area contributed by atoms with Gasteiger partial charge in [-0.05, 0) is 46.2 Å². The van der Waals surface area contributed by atoms with Gasteiger partial charge in [-0.2, -0.15) is 0 Å². The van der Waals surface area contributed by atoms with E-state index in [9.17, 15) is 14.0 Å². The molecule has 2 N–H and O–H groups in total. The van der Waals surface area contributed by atoms with Crippen molar-refractivity contribution < 1.29 is 23.8 Å². The van der Waals surface area contributed by atoms with Crippen molar-refractivity contribution in [1.82, 2.24) is 0 Å². The summed E-state index contributed by atoms with van der Waals surface area (Å²) in [5.41, 5.74) is 2.78. The molecule has 0 heterocycles. The third kappa shape index (κ3) is 5.25. The summed E-state index contributed by atoms with van der Waals surface area (Å²) >= 11 is 0. The smallest absolute Gasteiger partial charge is 0.338 e. The fraction of sp³-hybridized carbons (Fsp3) is 0.417. The van der Waals surface area contributed by atoms with E-state index in [0.717, 1.165) is 28.8 Å². The van der Waals surface area contributed by atoms with Crippen molar-refractivity contribution >= 4 is 17.6 Å². The first-order valence-electron chi connectivity index (χ1n) is 9.76. The van der Waals surface area contributed by atoms with Crippen LogP contribution in [0.15, 0.2) is 30.3 Å². The maximum absolute atomic E-state index is 14.1. The molecule has 0 saturated carbocycles. The molecule has 2 aromatic carbocycles. The molecule has 2 aromatic rings. The summed E-state index contributed by atoms with van der Waals surface area (Å²) in [5, 5.41) is 11.9. The Balaban J connectivity index is 2.57. The topological polar surface area (TPSA) is 75.6 Å². The van der Waals surface area contributed by atoms with Crippen LogP contribution in [0.1, 0.15) is 78.9 Å². The summed E-state index contributed by atoms with van der Waals surface area (Å²) in [6, 6.07) is 7.40. The van der Waals surface area contributed by atoms with Gasteiger partial charge in [0.2, 0.25) is 0 Å². The molecule has 0 aromatic heterocycles. The number of benzene rings is 2. The lowest BCUT2D eigenvalue weighted by atomic mass is 9.78. The van der Waals surface area contributed by atoms with E-state index in [1.807, 2.05) is 6.07 Å². The van der Waals surface area contributed by atoms with Crippen molar-refractivity contribution in [2.45, 2.75) is 59.0 Å². The van der Waals surface area contributed by atoms with Gasteiger partial charge >= 0.3 is 5.97 Å². The van der Waals surface area contributed by atoms with Crippen molar-refractivity contribution in [1.29, 1.82) is 0 Å². The van der Waals surface area contributed by atoms with E-state index in [-0.39, 0.29) is 16.4 Å². The van der Waals surface area contributed by atoms with Crippen LogP contribution in [-0.4, -0.2) is 24.1 Å². The zero-order valence-electron chi connectivity index (χ0n) is 18.6. The lowest BCUT2D eigenvalue weighted by Gasteiger charge is -2.29. The summed E-state index contributed by atoms with van der Waals surface area (Å²) in [4.78, 5) is 23.9. The Hall–Kier alpha value is -2.73. The van der Waals surface area contributed by atoms with Gasteiger partial charge in [0.1, 0.15) is 5.82 Å². The second-order valence-electron chi connectivity index (χ2n) is 9.44. The first-order valence-corrected chi connectivity index (χ1v) is 9.76. The van der Waals surface area contributed by atoms with E-state index in [0.29, 0.717) is 12.3 Å². The predicted octanol–water partition coefficient (Wildman–Crippen LogP) is 5.52. The molecule has 0 unspecified atom stereocenters. The summed E-state index contributed by atoms with van der Waals surface area (Å²) < 4.78 is 19.5. The average molecular weight is 416 g/mol. The maximum Gasteiger partial charge on any atom is 0.338 e. The highest BCUT2D eigenvalue weighted by molar-refractivity contribution is 6.05. The quantitative estimate of drug-likeness (QED) is 0.674. The lowest BCUT2D eigenvalue weighted by molar-refractivity contribution is 0.0691. The number of anilines is 1. The number of carboxylic acid groups (broad SMARTS) is 1. The number of hydrogen-bond donors (Lipinski definition) is 2. The number of carbonyl (C=O) groups excluding carboxylic acids is 1. The maximum atomic E-state index is 14.1. The minimum atomic E-state index is -1.38. The molecule has 6 heteroatoms. The third-order valence-corrected chi connectivity index (χ3v) is 4.92. The monoisotopic (exact) mass is 415 g/mol. The zero-order chi connectivity index (χ0) is 22.9. The number of aromatic carboxylic acids is 1. The summed E-state index contributed by atoms with van der Waals surface area (Å²) in [5.74, 6) is -2.85. The van der Waals surface area contributed by atoms with Crippen LogP contribution in [0.5, 0.6) is 0 Å². The number of hydrogen-bond acceptors (Lipinski definition) is 3. The molecule has 0 aliphatic carbocycles. The van der Waals surface area contributed by atoms with Gasteiger partial charge in [-0.1, -0.05) is 47.6 Å². The summed E-state index contributed by atoms with van der Waals surface area (Å²) in [6.45, 7) is 12.9. The molecule has 0 bridgehead atoms. The minimum absolute atomic E-state index is 0.0411. The number of rotatable bonds is 5. The molecule has 0 radical (unpaired) electrons. The number of ether oxygens (including phenoxy) is 1. The number of amides is 1. The highest BCUT2D eigenvalue weighted by atomic mass is 19.1. The molecule has 0 saturated heterocycles. The molecule has 30 heavy (non-hydrogen) atoms. The fourth-order valence-corrected chi connectivity index (χ4v) is 3.21. The number of carbonyl (C=O) groups is 2.